The molecule has 0 aliphatic rings. The van der Waals surface area contributed by atoms with Crippen LogP contribution in [-0.2, 0) is 20.2 Å². The zero-order valence-corrected chi connectivity index (χ0v) is 11.7. The van der Waals surface area contributed by atoms with E-state index in [1.807, 2.05) is 0 Å². The van der Waals surface area contributed by atoms with Gasteiger partial charge in [-0.05, 0) is 23.6 Å². The summed E-state index contributed by atoms with van der Waals surface area (Å²) >= 11 is 4.07. The molecule has 6 nitrogen and oxygen atoms in total. The van der Waals surface area contributed by atoms with Crippen LogP contribution in [0, 0.1) is 0 Å². The van der Waals surface area contributed by atoms with Crippen LogP contribution >= 0.6 is 12.6 Å². The van der Waals surface area contributed by atoms with Gasteiger partial charge in [-0.3, -0.25) is 9.11 Å². The largest absolute Gasteiger partial charge is 0.295 e. The van der Waals surface area contributed by atoms with E-state index in [-0.39, 0.29) is 15.7 Å². The summed E-state index contributed by atoms with van der Waals surface area (Å²) in [5, 5.41) is 0.302. The van der Waals surface area contributed by atoms with Gasteiger partial charge in [0.1, 0.15) is 4.90 Å². The Labute approximate surface area is 115 Å². The average molecular weight is 320 g/mol. The molecule has 0 unspecified atom stereocenters. The summed E-state index contributed by atoms with van der Waals surface area (Å²) in [7, 11) is -9.25. The van der Waals surface area contributed by atoms with E-state index in [1.165, 1.54) is 18.2 Å². The molecule has 0 amide bonds. The molecule has 0 radical (unpaired) electrons. The first-order chi connectivity index (χ1) is 8.60. The van der Waals surface area contributed by atoms with Gasteiger partial charge in [-0.1, -0.05) is 12.1 Å². The van der Waals surface area contributed by atoms with Gasteiger partial charge in [0.25, 0.3) is 20.2 Å². The van der Waals surface area contributed by atoms with E-state index in [2.05, 4.69) is 12.6 Å². The molecular weight excluding hydrogens is 312 g/mol. The Morgan fingerprint density at radius 2 is 1.58 bits per heavy atom. The molecule has 0 heterocycles. The Morgan fingerprint density at radius 3 is 2.11 bits per heavy atom. The summed E-state index contributed by atoms with van der Waals surface area (Å²) < 4.78 is 63.0. The number of benzene rings is 2. The molecule has 9 heteroatoms. The van der Waals surface area contributed by atoms with E-state index in [1.54, 1.807) is 0 Å². The predicted molar refractivity (Wildman–Crippen MR) is 70.8 cm³/mol. The molecule has 2 aromatic carbocycles. The lowest BCUT2D eigenvalue weighted by molar-refractivity contribution is 0.482. The summed E-state index contributed by atoms with van der Waals surface area (Å²) in [6.45, 7) is 0. The third-order valence-electron chi connectivity index (χ3n) is 2.47. The van der Waals surface area contributed by atoms with Gasteiger partial charge >= 0.3 is 0 Å². The first-order valence-corrected chi connectivity index (χ1v) is 8.14. The highest BCUT2D eigenvalue weighted by atomic mass is 32.2. The van der Waals surface area contributed by atoms with Crippen molar-refractivity contribution in [1.29, 1.82) is 0 Å². The van der Waals surface area contributed by atoms with Crippen molar-refractivity contribution in [2.45, 2.75) is 14.7 Å². The van der Waals surface area contributed by atoms with Gasteiger partial charge in [-0.15, -0.1) is 12.6 Å². The highest BCUT2D eigenvalue weighted by molar-refractivity contribution is 7.87. The van der Waals surface area contributed by atoms with Crippen molar-refractivity contribution in [2.24, 2.45) is 0 Å². The molecule has 0 aliphatic carbocycles. The Morgan fingerprint density at radius 1 is 0.947 bits per heavy atom. The summed E-state index contributed by atoms with van der Waals surface area (Å²) in [4.78, 5) is -0.984. The minimum absolute atomic E-state index is 0.0840. The number of rotatable bonds is 2. The van der Waals surface area contributed by atoms with E-state index in [0.717, 1.165) is 6.07 Å². The number of fused-ring (bicyclic) bond motifs is 1. The first kappa shape index (κ1) is 14.3. The molecule has 2 rings (SSSR count). The smallest absolute Gasteiger partial charge is 0.282 e. The van der Waals surface area contributed by atoms with Crippen LogP contribution in [0.5, 0.6) is 0 Å². The Balaban J connectivity index is 3.07. The van der Waals surface area contributed by atoms with Gasteiger partial charge in [0.2, 0.25) is 0 Å². The molecule has 0 saturated carbocycles. The molecule has 2 aromatic rings. The SMILES string of the molecule is O=S(=O)(O)c1cc(S(=O)(=O)O)c2c(S)cccc2c1. The van der Waals surface area contributed by atoms with E-state index in [4.69, 9.17) is 9.11 Å². The van der Waals surface area contributed by atoms with Crippen LogP contribution in [0.25, 0.3) is 10.8 Å². The van der Waals surface area contributed by atoms with Crippen LogP contribution in [0.3, 0.4) is 0 Å². The summed E-state index contributed by atoms with van der Waals surface area (Å²) in [6.07, 6.45) is 0. The quantitative estimate of drug-likeness (QED) is 0.573. The van der Waals surface area contributed by atoms with Gasteiger partial charge in [0, 0.05) is 10.3 Å². The molecule has 0 saturated heterocycles. The molecule has 0 fully saturated rings. The van der Waals surface area contributed by atoms with Crippen molar-refractivity contribution >= 4 is 43.6 Å². The third kappa shape index (κ3) is 2.74. The topological polar surface area (TPSA) is 109 Å². The maximum absolute atomic E-state index is 11.3. The predicted octanol–water partition coefficient (Wildman–Crippen LogP) is 1.62. The van der Waals surface area contributed by atoms with Crippen LogP contribution in [0.2, 0.25) is 0 Å². The Kier molecular flexibility index (Phi) is 3.35. The molecule has 0 aliphatic heterocycles. The second-order valence-electron chi connectivity index (χ2n) is 3.75. The second-order valence-corrected chi connectivity index (χ2v) is 7.04. The van der Waals surface area contributed by atoms with Crippen LogP contribution in [0.15, 0.2) is 45.0 Å². The van der Waals surface area contributed by atoms with Crippen LogP contribution in [0.1, 0.15) is 0 Å². The molecule has 0 bridgehead atoms. The highest BCUT2D eigenvalue weighted by Gasteiger charge is 2.21. The third-order valence-corrected chi connectivity index (χ3v) is 4.55. The summed E-state index contributed by atoms with van der Waals surface area (Å²) in [5.41, 5.74) is 0. The van der Waals surface area contributed by atoms with Crippen molar-refractivity contribution in [1.82, 2.24) is 0 Å². The monoisotopic (exact) mass is 320 g/mol. The van der Waals surface area contributed by atoms with E-state index >= 15 is 0 Å². The van der Waals surface area contributed by atoms with E-state index in [9.17, 15) is 16.8 Å². The van der Waals surface area contributed by atoms with Gasteiger partial charge < -0.3 is 0 Å². The molecular formula is C10H8O6S3. The van der Waals surface area contributed by atoms with Crippen LogP contribution < -0.4 is 0 Å². The standard InChI is InChI=1S/C10H8O6S3/c11-18(12,13)7-4-6-2-1-3-8(17)10(6)9(5-7)19(14,15)16/h1-5,17H,(H,11,12,13)(H,14,15,16). The number of hydrogen-bond acceptors (Lipinski definition) is 5. The fraction of sp³-hybridized carbons (Fsp3) is 0. The lowest BCUT2D eigenvalue weighted by atomic mass is 10.1. The average Bonchev–Trinajstić information content (AvgIpc) is 2.25. The minimum Gasteiger partial charge on any atom is -0.282 e. The molecule has 102 valence electrons. The Hall–Kier alpha value is -1.13. The van der Waals surface area contributed by atoms with Crippen molar-refractivity contribution in [3.05, 3.63) is 30.3 Å². The van der Waals surface area contributed by atoms with Crippen molar-refractivity contribution in [2.75, 3.05) is 0 Å². The van der Waals surface area contributed by atoms with E-state index < -0.39 is 30.0 Å². The molecule has 19 heavy (non-hydrogen) atoms. The van der Waals surface area contributed by atoms with Crippen molar-refractivity contribution < 1.29 is 25.9 Å². The fourth-order valence-corrected chi connectivity index (χ4v) is 3.49. The van der Waals surface area contributed by atoms with Crippen molar-refractivity contribution in [3.8, 4) is 0 Å². The van der Waals surface area contributed by atoms with Gasteiger partial charge in [-0.2, -0.15) is 16.8 Å². The highest BCUT2D eigenvalue weighted by Crippen LogP contribution is 2.31. The van der Waals surface area contributed by atoms with Crippen LogP contribution in [-0.4, -0.2) is 25.9 Å². The maximum atomic E-state index is 11.3. The number of hydrogen-bond donors (Lipinski definition) is 3. The second kappa shape index (κ2) is 4.46. The van der Waals surface area contributed by atoms with Gasteiger partial charge in [0.05, 0.1) is 4.90 Å². The fourth-order valence-electron chi connectivity index (χ4n) is 1.69. The van der Waals surface area contributed by atoms with Gasteiger partial charge in [0.15, 0.2) is 0 Å². The minimum atomic E-state index is -4.66. The zero-order valence-electron chi connectivity index (χ0n) is 9.18. The lowest BCUT2D eigenvalue weighted by Gasteiger charge is -2.08. The molecule has 0 aromatic heterocycles. The first-order valence-electron chi connectivity index (χ1n) is 4.81. The molecule has 2 N–H and O–H groups in total. The van der Waals surface area contributed by atoms with Crippen LogP contribution in [0.4, 0.5) is 0 Å². The molecule has 0 spiro atoms. The normalized spacial score (nSPS) is 12.8. The maximum Gasteiger partial charge on any atom is 0.295 e. The molecule has 0 atom stereocenters. The summed E-state index contributed by atoms with van der Waals surface area (Å²) in [6, 6.07) is 6.25. The summed E-state index contributed by atoms with van der Waals surface area (Å²) in [5.74, 6) is 0. The van der Waals surface area contributed by atoms with Gasteiger partial charge in [-0.25, -0.2) is 0 Å². The Bertz CT molecular complexity index is 868. The zero-order chi connectivity index (χ0) is 14.4. The number of thiol groups is 1. The lowest BCUT2D eigenvalue weighted by Crippen LogP contribution is -2.04. The van der Waals surface area contributed by atoms with E-state index in [0.29, 0.717) is 6.07 Å². The van der Waals surface area contributed by atoms with Crippen molar-refractivity contribution in [3.63, 3.8) is 0 Å².